The normalized spacial score (nSPS) is 11.2. The Balaban J connectivity index is 2.60. The van der Waals surface area contributed by atoms with Crippen molar-refractivity contribution in [1.82, 2.24) is 0 Å². The number of carboxylic acids is 1. The number of rotatable bonds is 4. The van der Waals surface area contributed by atoms with Crippen molar-refractivity contribution in [2.45, 2.75) is 11.8 Å². The van der Waals surface area contributed by atoms with E-state index in [1.165, 1.54) is 37.4 Å². The summed E-state index contributed by atoms with van der Waals surface area (Å²) in [6.07, 6.45) is 0. The Labute approximate surface area is 133 Å². The predicted molar refractivity (Wildman–Crippen MR) is 85.2 cm³/mol. The molecule has 0 saturated heterocycles. The van der Waals surface area contributed by atoms with Gasteiger partial charge in [0.25, 0.3) is 10.0 Å². The van der Waals surface area contributed by atoms with Crippen LogP contribution in [0.1, 0.15) is 15.9 Å². The lowest BCUT2D eigenvalue weighted by Gasteiger charge is -2.22. The molecule has 2 aromatic rings. The first-order valence-electron chi connectivity index (χ1n) is 6.32. The van der Waals surface area contributed by atoms with Crippen LogP contribution in [0, 0.1) is 6.92 Å². The van der Waals surface area contributed by atoms with E-state index in [9.17, 15) is 18.3 Å². The van der Waals surface area contributed by atoms with E-state index < -0.39 is 16.0 Å². The first-order chi connectivity index (χ1) is 10.2. The molecule has 0 fully saturated rings. The monoisotopic (exact) mass is 339 g/mol. The van der Waals surface area contributed by atoms with Gasteiger partial charge < -0.3 is 5.11 Å². The van der Waals surface area contributed by atoms with Crippen LogP contribution >= 0.6 is 11.6 Å². The van der Waals surface area contributed by atoms with Gasteiger partial charge in [-0.1, -0.05) is 29.8 Å². The van der Waals surface area contributed by atoms with Gasteiger partial charge in [-0.15, -0.1) is 0 Å². The summed E-state index contributed by atoms with van der Waals surface area (Å²) in [4.78, 5) is 11.2. The van der Waals surface area contributed by atoms with Crippen LogP contribution in [-0.2, 0) is 10.0 Å². The molecule has 2 rings (SSSR count). The number of carbonyl (C=O) groups is 1. The quantitative estimate of drug-likeness (QED) is 0.928. The van der Waals surface area contributed by atoms with Crippen molar-refractivity contribution in [2.75, 3.05) is 11.4 Å². The molecule has 0 saturated carbocycles. The van der Waals surface area contributed by atoms with E-state index >= 15 is 0 Å². The first-order valence-corrected chi connectivity index (χ1v) is 8.14. The minimum atomic E-state index is -3.96. The Kier molecular flexibility index (Phi) is 4.44. The molecule has 0 aromatic heterocycles. The lowest BCUT2D eigenvalue weighted by Crippen LogP contribution is -2.28. The van der Waals surface area contributed by atoms with Gasteiger partial charge in [-0.2, -0.15) is 0 Å². The summed E-state index contributed by atoms with van der Waals surface area (Å²) >= 11 is 5.99. The van der Waals surface area contributed by atoms with Crippen molar-refractivity contribution < 1.29 is 18.3 Å². The van der Waals surface area contributed by atoms with Gasteiger partial charge >= 0.3 is 5.97 Å². The second-order valence-corrected chi connectivity index (χ2v) is 7.07. The molecule has 0 aliphatic heterocycles. The average molecular weight is 340 g/mol. The molecule has 22 heavy (non-hydrogen) atoms. The van der Waals surface area contributed by atoms with Gasteiger partial charge in [-0.25, -0.2) is 13.2 Å². The highest BCUT2D eigenvalue weighted by atomic mass is 35.5. The molecular weight excluding hydrogens is 326 g/mol. The Bertz CT molecular complexity index is 833. The molecule has 5 nitrogen and oxygen atoms in total. The molecular formula is C15H14ClNO4S. The summed E-state index contributed by atoms with van der Waals surface area (Å²) in [6, 6.07) is 10.6. The third kappa shape index (κ3) is 2.93. The average Bonchev–Trinajstić information content (AvgIpc) is 2.48. The van der Waals surface area contributed by atoms with Crippen molar-refractivity contribution in [2.24, 2.45) is 0 Å². The van der Waals surface area contributed by atoms with Gasteiger partial charge in [0.15, 0.2) is 0 Å². The van der Waals surface area contributed by atoms with Gasteiger partial charge in [-0.3, -0.25) is 4.31 Å². The summed E-state index contributed by atoms with van der Waals surface area (Å²) < 4.78 is 26.4. The second-order valence-electron chi connectivity index (χ2n) is 4.73. The fourth-order valence-corrected chi connectivity index (χ4v) is 3.79. The van der Waals surface area contributed by atoms with Crippen LogP contribution in [0.3, 0.4) is 0 Å². The van der Waals surface area contributed by atoms with Crippen LogP contribution in [0.15, 0.2) is 47.4 Å². The molecule has 0 unspecified atom stereocenters. The number of aryl methyl sites for hydroxylation is 1. The molecule has 0 bridgehead atoms. The standard InChI is InChI=1S/C15H14ClNO4S/c1-10-7-8-12(16)14(9-10)22(20,21)17(2)13-6-4-3-5-11(13)15(18)19/h3-9H,1-2H3,(H,18,19). The Morgan fingerprint density at radius 2 is 1.82 bits per heavy atom. The highest BCUT2D eigenvalue weighted by Gasteiger charge is 2.27. The van der Waals surface area contributed by atoms with Crippen LogP contribution in [0.5, 0.6) is 0 Å². The molecule has 0 amide bonds. The molecule has 0 spiro atoms. The van der Waals surface area contributed by atoms with Gasteiger partial charge in [-0.05, 0) is 36.8 Å². The van der Waals surface area contributed by atoms with Gasteiger partial charge in [0.2, 0.25) is 0 Å². The highest BCUT2D eigenvalue weighted by molar-refractivity contribution is 7.93. The van der Waals surface area contributed by atoms with Gasteiger partial charge in [0.1, 0.15) is 4.90 Å². The topological polar surface area (TPSA) is 74.7 Å². The highest BCUT2D eigenvalue weighted by Crippen LogP contribution is 2.30. The summed E-state index contributed by atoms with van der Waals surface area (Å²) in [7, 11) is -2.66. The number of para-hydroxylation sites is 1. The van der Waals surface area contributed by atoms with E-state index in [1.54, 1.807) is 19.1 Å². The zero-order chi connectivity index (χ0) is 16.5. The largest absolute Gasteiger partial charge is 0.478 e. The van der Waals surface area contributed by atoms with E-state index in [2.05, 4.69) is 0 Å². The summed E-state index contributed by atoms with van der Waals surface area (Å²) in [5.41, 5.74) is 0.716. The zero-order valence-electron chi connectivity index (χ0n) is 11.9. The number of sulfonamides is 1. The van der Waals surface area contributed by atoms with Crippen molar-refractivity contribution >= 4 is 33.3 Å². The number of anilines is 1. The fraction of sp³-hybridized carbons (Fsp3) is 0.133. The van der Waals surface area contributed by atoms with Crippen molar-refractivity contribution in [1.29, 1.82) is 0 Å². The van der Waals surface area contributed by atoms with Crippen LogP contribution in [0.25, 0.3) is 0 Å². The Hall–Kier alpha value is -2.05. The number of hydrogen-bond acceptors (Lipinski definition) is 3. The summed E-state index contributed by atoms with van der Waals surface area (Å²) in [5.74, 6) is -1.20. The Morgan fingerprint density at radius 3 is 2.45 bits per heavy atom. The van der Waals surface area contributed by atoms with Crippen LogP contribution < -0.4 is 4.31 Å². The van der Waals surface area contributed by atoms with Crippen molar-refractivity contribution in [3.63, 3.8) is 0 Å². The van der Waals surface area contributed by atoms with E-state index in [1.807, 2.05) is 0 Å². The maximum absolute atomic E-state index is 12.7. The number of halogens is 1. The van der Waals surface area contributed by atoms with Crippen molar-refractivity contribution in [3.05, 3.63) is 58.6 Å². The van der Waals surface area contributed by atoms with Crippen LogP contribution in [-0.4, -0.2) is 26.5 Å². The number of benzene rings is 2. The van der Waals surface area contributed by atoms with Crippen LogP contribution in [0.2, 0.25) is 5.02 Å². The number of hydrogen-bond donors (Lipinski definition) is 1. The second kappa shape index (κ2) is 5.98. The van der Waals surface area contributed by atoms with E-state index in [0.29, 0.717) is 0 Å². The third-order valence-electron chi connectivity index (χ3n) is 3.20. The van der Waals surface area contributed by atoms with E-state index in [0.717, 1.165) is 9.87 Å². The smallest absolute Gasteiger partial charge is 0.337 e. The van der Waals surface area contributed by atoms with Crippen molar-refractivity contribution in [3.8, 4) is 0 Å². The molecule has 0 radical (unpaired) electrons. The molecule has 2 aromatic carbocycles. The fourth-order valence-electron chi connectivity index (χ4n) is 2.01. The predicted octanol–water partition coefficient (Wildman–Crippen LogP) is 3.17. The molecule has 0 aliphatic rings. The molecule has 0 aliphatic carbocycles. The lowest BCUT2D eigenvalue weighted by molar-refractivity contribution is 0.0698. The number of aromatic carboxylic acids is 1. The lowest BCUT2D eigenvalue weighted by atomic mass is 10.2. The molecule has 116 valence electrons. The number of nitrogens with zero attached hydrogens (tertiary/aromatic N) is 1. The SMILES string of the molecule is Cc1ccc(Cl)c(S(=O)(=O)N(C)c2ccccc2C(=O)O)c1. The van der Waals surface area contributed by atoms with Gasteiger partial charge in [0.05, 0.1) is 16.3 Å². The maximum Gasteiger partial charge on any atom is 0.337 e. The molecule has 0 heterocycles. The van der Waals surface area contributed by atoms with E-state index in [-0.39, 0.29) is 21.2 Å². The molecule has 7 heteroatoms. The Morgan fingerprint density at radius 1 is 1.18 bits per heavy atom. The minimum absolute atomic E-state index is 0.0585. The zero-order valence-corrected chi connectivity index (χ0v) is 13.5. The first kappa shape index (κ1) is 16.3. The third-order valence-corrected chi connectivity index (χ3v) is 5.45. The summed E-state index contributed by atoms with van der Waals surface area (Å²) in [5, 5.41) is 9.29. The summed E-state index contributed by atoms with van der Waals surface area (Å²) in [6.45, 7) is 1.75. The molecule has 0 atom stereocenters. The minimum Gasteiger partial charge on any atom is -0.478 e. The molecule has 1 N–H and O–H groups in total. The number of carboxylic acid groups (broad SMARTS) is 1. The maximum atomic E-state index is 12.7. The van der Waals surface area contributed by atoms with Gasteiger partial charge in [0, 0.05) is 7.05 Å². The van der Waals surface area contributed by atoms with Crippen LogP contribution in [0.4, 0.5) is 5.69 Å². The van der Waals surface area contributed by atoms with E-state index in [4.69, 9.17) is 11.6 Å².